The van der Waals surface area contributed by atoms with Crippen molar-refractivity contribution in [3.05, 3.63) is 71.8 Å². The van der Waals surface area contributed by atoms with Crippen LogP contribution in [-0.2, 0) is 0 Å². The van der Waals surface area contributed by atoms with Crippen molar-refractivity contribution < 1.29 is 14.4 Å². The number of quaternary nitrogens is 1. The SMILES string of the molecule is COc1cccc(C(=O)CC[NH+]2CC=C(c3ccccc3)CC2)c1. The number of benzene rings is 2. The Morgan fingerprint density at radius 2 is 1.96 bits per heavy atom. The molecule has 1 atom stereocenters. The van der Waals surface area contributed by atoms with Crippen LogP contribution in [0.5, 0.6) is 5.75 Å². The summed E-state index contributed by atoms with van der Waals surface area (Å²) < 4.78 is 5.19. The van der Waals surface area contributed by atoms with Crippen molar-refractivity contribution >= 4 is 11.4 Å². The molecule has 1 aliphatic heterocycles. The van der Waals surface area contributed by atoms with Crippen LogP contribution < -0.4 is 9.64 Å². The maximum absolute atomic E-state index is 12.4. The van der Waals surface area contributed by atoms with Crippen molar-refractivity contribution in [2.45, 2.75) is 12.8 Å². The van der Waals surface area contributed by atoms with E-state index in [0.29, 0.717) is 6.42 Å². The lowest BCUT2D eigenvalue weighted by Gasteiger charge is -2.23. The summed E-state index contributed by atoms with van der Waals surface area (Å²) in [4.78, 5) is 13.8. The summed E-state index contributed by atoms with van der Waals surface area (Å²) in [6.45, 7) is 2.97. The van der Waals surface area contributed by atoms with E-state index in [9.17, 15) is 4.79 Å². The van der Waals surface area contributed by atoms with Crippen LogP contribution in [0.3, 0.4) is 0 Å². The Hall–Kier alpha value is -2.39. The Labute approximate surface area is 143 Å². The van der Waals surface area contributed by atoms with Crippen molar-refractivity contribution in [1.82, 2.24) is 0 Å². The monoisotopic (exact) mass is 322 g/mol. The number of ether oxygens (including phenoxy) is 1. The highest BCUT2D eigenvalue weighted by atomic mass is 16.5. The van der Waals surface area contributed by atoms with E-state index >= 15 is 0 Å². The maximum atomic E-state index is 12.4. The van der Waals surface area contributed by atoms with Gasteiger partial charge in [-0.2, -0.15) is 0 Å². The van der Waals surface area contributed by atoms with Gasteiger partial charge in [-0.25, -0.2) is 0 Å². The number of Topliss-reactive ketones (excluding diaryl/α,β-unsaturated/α-hetero) is 1. The van der Waals surface area contributed by atoms with Crippen molar-refractivity contribution in [3.8, 4) is 5.75 Å². The highest BCUT2D eigenvalue weighted by Gasteiger charge is 2.17. The zero-order valence-electron chi connectivity index (χ0n) is 14.1. The third-order valence-corrected chi connectivity index (χ3v) is 4.63. The van der Waals surface area contributed by atoms with Gasteiger partial charge in [-0.3, -0.25) is 4.79 Å². The molecule has 0 spiro atoms. The van der Waals surface area contributed by atoms with Gasteiger partial charge in [0.25, 0.3) is 0 Å². The van der Waals surface area contributed by atoms with Crippen molar-refractivity contribution in [2.75, 3.05) is 26.7 Å². The van der Waals surface area contributed by atoms with E-state index in [-0.39, 0.29) is 5.78 Å². The van der Waals surface area contributed by atoms with E-state index in [1.807, 2.05) is 24.3 Å². The van der Waals surface area contributed by atoms with E-state index in [4.69, 9.17) is 4.74 Å². The number of carbonyl (C=O) groups excluding carboxylic acids is 1. The lowest BCUT2D eigenvalue weighted by molar-refractivity contribution is -0.894. The minimum Gasteiger partial charge on any atom is -0.497 e. The lowest BCUT2D eigenvalue weighted by atomic mass is 9.99. The van der Waals surface area contributed by atoms with Crippen molar-refractivity contribution in [3.63, 3.8) is 0 Å². The molecule has 3 heteroatoms. The fourth-order valence-electron chi connectivity index (χ4n) is 3.16. The van der Waals surface area contributed by atoms with Crippen molar-refractivity contribution in [2.24, 2.45) is 0 Å². The van der Waals surface area contributed by atoms with Gasteiger partial charge in [0.15, 0.2) is 5.78 Å². The van der Waals surface area contributed by atoms with Crippen LogP contribution in [0, 0.1) is 0 Å². The topological polar surface area (TPSA) is 30.7 Å². The number of ketones is 1. The van der Waals surface area contributed by atoms with Gasteiger partial charge in [-0.1, -0.05) is 42.5 Å². The second-order valence-corrected chi connectivity index (χ2v) is 6.20. The van der Waals surface area contributed by atoms with Gasteiger partial charge in [0.2, 0.25) is 0 Å². The number of hydrogen-bond donors (Lipinski definition) is 1. The Bertz CT molecular complexity index is 722. The quantitative estimate of drug-likeness (QED) is 0.829. The molecule has 2 aromatic carbocycles. The molecule has 0 saturated heterocycles. The smallest absolute Gasteiger partial charge is 0.168 e. The fraction of sp³-hybridized carbons (Fsp3) is 0.286. The second kappa shape index (κ2) is 7.93. The summed E-state index contributed by atoms with van der Waals surface area (Å²) in [5.41, 5.74) is 3.49. The van der Waals surface area contributed by atoms with Crippen LogP contribution in [0.4, 0.5) is 0 Å². The highest BCUT2D eigenvalue weighted by Crippen LogP contribution is 2.18. The van der Waals surface area contributed by atoms with Gasteiger partial charge >= 0.3 is 0 Å². The molecule has 3 nitrogen and oxygen atoms in total. The van der Waals surface area contributed by atoms with Crippen LogP contribution in [0.25, 0.3) is 5.57 Å². The summed E-state index contributed by atoms with van der Waals surface area (Å²) in [5.74, 6) is 0.931. The zero-order chi connectivity index (χ0) is 16.8. The Morgan fingerprint density at radius 3 is 2.67 bits per heavy atom. The molecule has 3 rings (SSSR count). The summed E-state index contributed by atoms with van der Waals surface area (Å²) in [6.07, 6.45) is 3.98. The fourth-order valence-corrected chi connectivity index (χ4v) is 3.16. The lowest BCUT2D eigenvalue weighted by Crippen LogP contribution is -3.12. The molecule has 1 heterocycles. The van der Waals surface area contributed by atoms with Gasteiger partial charge < -0.3 is 9.64 Å². The first-order valence-electron chi connectivity index (χ1n) is 8.51. The number of nitrogens with one attached hydrogen (secondary N) is 1. The molecule has 2 aromatic rings. The molecule has 1 aliphatic rings. The van der Waals surface area contributed by atoms with E-state index in [1.54, 1.807) is 7.11 Å². The minimum absolute atomic E-state index is 0.194. The predicted octanol–water partition coefficient (Wildman–Crippen LogP) is 2.64. The number of methoxy groups -OCH3 is 1. The highest BCUT2D eigenvalue weighted by molar-refractivity contribution is 5.96. The third kappa shape index (κ3) is 4.12. The Kier molecular flexibility index (Phi) is 5.44. The van der Waals surface area contributed by atoms with E-state index in [0.717, 1.165) is 37.4 Å². The predicted molar refractivity (Wildman–Crippen MR) is 96.5 cm³/mol. The Morgan fingerprint density at radius 1 is 1.12 bits per heavy atom. The number of hydrogen-bond acceptors (Lipinski definition) is 2. The third-order valence-electron chi connectivity index (χ3n) is 4.63. The number of carbonyl (C=O) groups is 1. The first kappa shape index (κ1) is 16.5. The molecule has 1 unspecified atom stereocenters. The van der Waals surface area contributed by atoms with Crippen LogP contribution in [-0.4, -0.2) is 32.5 Å². The maximum Gasteiger partial charge on any atom is 0.168 e. The summed E-state index contributed by atoms with van der Waals surface area (Å²) in [7, 11) is 1.62. The minimum atomic E-state index is 0.194. The summed E-state index contributed by atoms with van der Waals surface area (Å²) in [5, 5.41) is 0. The Balaban J connectivity index is 1.53. The molecule has 0 fully saturated rings. The molecule has 124 valence electrons. The van der Waals surface area contributed by atoms with Gasteiger partial charge in [-0.15, -0.1) is 0 Å². The normalized spacial score (nSPS) is 17.2. The molecule has 0 saturated carbocycles. The first-order valence-corrected chi connectivity index (χ1v) is 8.51. The van der Waals surface area contributed by atoms with E-state index in [1.165, 1.54) is 16.0 Å². The van der Waals surface area contributed by atoms with Crippen LogP contribution in [0.15, 0.2) is 60.7 Å². The van der Waals surface area contributed by atoms with E-state index in [2.05, 4.69) is 36.4 Å². The molecule has 0 radical (unpaired) electrons. The number of rotatable bonds is 6. The molecule has 0 aliphatic carbocycles. The molecular formula is C21H24NO2+. The molecule has 1 N–H and O–H groups in total. The van der Waals surface area contributed by atoms with Gasteiger partial charge in [0, 0.05) is 12.0 Å². The van der Waals surface area contributed by atoms with E-state index < -0.39 is 0 Å². The molecule has 0 aromatic heterocycles. The zero-order valence-corrected chi connectivity index (χ0v) is 14.1. The van der Waals surface area contributed by atoms with Crippen LogP contribution in [0.1, 0.15) is 28.8 Å². The summed E-state index contributed by atoms with van der Waals surface area (Å²) in [6, 6.07) is 18.0. The second-order valence-electron chi connectivity index (χ2n) is 6.20. The standard InChI is InChI=1S/C21H23NO2/c1-24-20-9-5-8-19(16-20)21(23)12-15-22-13-10-18(11-14-22)17-6-3-2-4-7-17/h2-10,16H,11-15H2,1H3/p+1. The average Bonchev–Trinajstić information content (AvgIpc) is 2.67. The average molecular weight is 322 g/mol. The molecule has 0 bridgehead atoms. The largest absolute Gasteiger partial charge is 0.497 e. The van der Waals surface area contributed by atoms with Gasteiger partial charge in [0.1, 0.15) is 5.75 Å². The summed E-state index contributed by atoms with van der Waals surface area (Å²) >= 11 is 0. The van der Waals surface area contributed by atoms with Crippen molar-refractivity contribution in [1.29, 1.82) is 0 Å². The molecular weight excluding hydrogens is 298 g/mol. The van der Waals surface area contributed by atoms with Gasteiger partial charge in [0.05, 0.1) is 33.2 Å². The van der Waals surface area contributed by atoms with Crippen LogP contribution >= 0.6 is 0 Å². The molecule has 0 amide bonds. The van der Waals surface area contributed by atoms with Gasteiger partial charge in [-0.05, 0) is 29.3 Å². The molecule has 24 heavy (non-hydrogen) atoms. The first-order chi connectivity index (χ1) is 11.8. The van der Waals surface area contributed by atoms with Crippen LogP contribution in [0.2, 0.25) is 0 Å².